The summed E-state index contributed by atoms with van der Waals surface area (Å²) in [4.78, 5) is 13.4. The number of hydrogen-bond acceptors (Lipinski definition) is 6. The number of aryl methyl sites for hydroxylation is 1. The number of piperazine rings is 1. The van der Waals surface area contributed by atoms with Crippen molar-refractivity contribution < 1.29 is 5.11 Å². The second-order valence-electron chi connectivity index (χ2n) is 11.5. The molecule has 4 aromatic carbocycles. The molecule has 0 aliphatic carbocycles. The van der Waals surface area contributed by atoms with E-state index in [1.807, 2.05) is 30.3 Å². The third-order valence-corrected chi connectivity index (χ3v) is 8.46. The normalized spacial score (nSPS) is 14.9. The molecule has 1 fully saturated rings. The topological polar surface area (TPSA) is 96.1 Å². The molecule has 3 heterocycles. The van der Waals surface area contributed by atoms with Crippen molar-refractivity contribution in [1.82, 2.24) is 25.1 Å². The fourth-order valence-corrected chi connectivity index (χ4v) is 6.03. The van der Waals surface area contributed by atoms with Gasteiger partial charge < -0.3 is 25.2 Å². The number of nitrogens with one attached hydrogen (secondary N) is 3. The van der Waals surface area contributed by atoms with Crippen LogP contribution in [-0.4, -0.2) is 69.6 Å². The molecule has 1 saturated heterocycles. The summed E-state index contributed by atoms with van der Waals surface area (Å²) in [5.41, 5.74) is 10.3. The molecule has 0 saturated carbocycles. The molecule has 8 heteroatoms. The Hall–Kier alpha value is -4.66. The molecule has 0 spiro atoms. The smallest absolute Gasteiger partial charge is 0.159 e. The second kappa shape index (κ2) is 11.6. The number of aromatic amines is 2. The average molecular weight is 572 g/mol. The third kappa shape index (κ3) is 5.59. The lowest BCUT2D eigenvalue weighted by atomic mass is 9.99. The zero-order valence-electron chi connectivity index (χ0n) is 24.6. The van der Waals surface area contributed by atoms with E-state index < -0.39 is 6.23 Å². The number of aliphatic hydroxyl groups is 1. The quantitative estimate of drug-likeness (QED) is 0.166. The van der Waals surface area contributed by atoms with Gasteiger partial charge in [0.2, 0.25) is 0 Å². The van der Waals surface area contributed by atoms with Crippen LogP contribution in [-0.2, 0) is 12.8 Å². The van der Waals surface area contributed by atoms with Crippen molar-refractivity contribution in [2.24, 2.45) is 0 Å². The van der Waals surface area contributed by atoms with Crippen LogP contribution in [0.25, 0.3) is 44.6 Å². The molecule has 0 bridgehead atoms. The predicted octanol–water partition coefficient (Wildman–Crippen LogP) is 6.06. The van der Waals surface area contributed by atoms with Crippen LogP contribution in [0.4, 0.5) is 11.4 Å². The number of para-hydroxylation sites is 1. The fraction of sp³-hybridized carbons (Fsp3) is 0.257. The Morgan fingerprint density at radius 2 is 1.70 bits per heavy atom. The minimum absolute atomic E-state index is 0.533. The van der Waals surface area contributed by atoms with Gasteiger partial charge in [-0.15, -0.1) is 0 Å². The summed E-state index contributed by atoms with van der Waals surface area (Å²) in [6, 6.07) is 29.2. The maximum atomic E-state index is 10.8. The summed E-state index contributed by atoms with van der Waals surface area (Å²) in [6.45, 7) is 6.22. The molecule has 0 radical (unpaired) electrons. The molecule has 4 N–H and O–H groups in total. The summed E-state index contributed by atoms with van der Waals surface area (Å²) in [5.74, 6) is 0.758. The highest BCUT2D eigenvalue weighted by molar-refractivity contribution is 5.97. The Morgan fingerprint density at radius 3 is 2.51 bits per heavy atom. The highest BCUT2D eigenvalue weighted by Gasteiger charge is 2.20. The van der Waals surface area contributed by atoms with E-state index in [2.05, 4.69) is 93.8 Å². The molecule has 6 aromatic rings. The monoisotopic (exact) mass is 571 g/mol. The lowest BCUT2D eigenvalue weighted by molar-refractivity contribution is 0.204. The summed E-state index contributed by atoms with van der Waals surface area (Å²) in [5, 5.41) is 23.0. The number of likely N-dealkylation sites (N-methyl/N-ethyl adjacent to an activating group) is 1. The minimum Gasteiger partial charge on any atom is -0.373 e. The van der Waals surface area contributed by atoms with E-state index in [0.29, 0.717) is 6.42 Å². The maximum Gasteiger partial charge on any atom is 0.159 e. The van der Waals surface area contributed by atoms with Crippen molar-refractivity contribution in [3.63, 3.8) is 0 Å². The van der Waals surface area contributed by atoms with Crippen molar-refractivity contribution in [1.29, 1.82) is 0 Å². The standard InChI is InChI=1S/C35H37N7O/c1-3-23-18-26(21-27(19-23)36-32(43)20-24-8-5-4-6-9-24)25-12-13-29-28(22-25)33(40-39-29)35-37-30-10-7-11-31(34(30)38-35)42-16-14-41(2)15-17-42/h4-13,18-19,21-22,32,36,43H,3,14-17,20H2,1-2H3,(H,37,38)(H,39,40). The largest absolute Gasteiger partial charge is 0.373 e. The molecule has 1 atom stereocenters. The predicted molar refractivity (Wildman–Crippen MR) is 175 cm³/mol. The number of H-pyrrole nitrogens is 2. The zero-order chi connectivity index (χ0) is 29.3. The van der Waals surface area contributed by atoms with Crippen molar-refractivity contribution in [3.8, 4) is 22.6 Å². The van der Waals surface area contributed by atoms with E-state index in [1.54, 1.807) is 0 Å². The van der Waals surface area contributed by atoms with Crippen LogP contribution in [0, 0.1) is 0 Å². The fourth-order valence-electron chi connectivity index (χ4n) is 6.03. The number of aliphatic hydroxyl groups excluding tert-OH is 1. The molecule has 7 rings (SSSR count). The highest BCUT2D eigenvalue weighted by atomic mass is 16.3. The van der Waals surface area contributed by atoms with Crippen molar-refractivity contribution >= 4 is 33.3 Å². The van der Waals surface area contributed by atoms with Gasteiger partial charge >= 0.3 is 0 Å². The summed E-state index contributed by atoms with van der Waals surface area (Å²) < 4.78 is 0. The van der Waals surface area contributed by atoms with E-state index in [4.69, 9.17) is 10.1 Å². The van der Waals surface area contributed by atoms with Gasteiger partial charge in [-0.2, -0.15) is 5.10 Å². The number of nitrogens with zero attached hydrogens (tertiary/aromatic N) is 4. The first-order valence-electron chi connectivity index (χ1n) is 15.1. The Morgan fingerprint density at radius 1 is 0.860 bits per heavy atom. The van der Waals surface area contributed by atoms with Crippen molar-refractivity contribution in [3.05, 3.63) is 96.1 Å². The molecule has 1 unspecified atom stereocenters. The maximum absolute atomic E-state index is 10.8. The lowest BCUT2D eigenvalue weighted by Crippen LogP contribution is -2.44. The first-order chi connectivity index (χ1) is 21.0. The van der Waals surface area contributed by atoms with E-state index in [9.17, 15) is 5.11 Å². The lowest BCUT2D eigenvalue weighted by Gasteiger charge is -2.34. The zero-order valence-corrected chi connectivity index (χ0v) is 24.6. The van der Waals surface area contributed by atoms with E-state index in [-0.39, 0.29) is 0 Å². The first-order valence-corrected chi connectivity index (χ1v) is 15.1. The van der Waals surface area contributed by atoms with Gasteiger partial charge in [-0.25, -0.2) is 4.98 Å². The van der Waals surface area contributed by atoms with Gasteiger partial charge in [0.1, 0.15) is 17.4 Å². The SMILES string of the molecule is CCc1cc(NC(O)Cc2ccccc2)cc(-c2ccc3[nH]nc(-c4nc5c(N6CCN(C)CC6)cccc5[nH]4)c3c2)c1. The van der Waals surface area contributed by atoms with Gasteiger partial charge in [0.25, 0.3) is 0 Å². The molecule has 2 aromatic heterocycles. The Bertz CT molecular complexity index is 1870. The van der Waals surface area contributed by atoms with Crippen LogP contribution in [0.1, 0.15) is 18.1 Å². The molecular weight excluding hydrogens is 534 g/mol. The van der Waals surface area contributed by atoms with Crippen molar-refractivity contribution in [2.45, 2.75) is 26.0 Å². The van der Waals surface area contributed by atoms with Crippen LogP contribution < -0.4 is 10.2 Å². The van der Waals surface area contributed by atoms with E-state index in [1.165, 1.54) is 11.3 Å². The van der Waals surface area contributed by atoms with Gasteiger partial charge in [0.05, 0.1) is 16.7 Å². The third-order valence-electron chi connectivity index (χ3n) is 8.46. The number of anilines is 2. The molecule has 1 aliphatic heterocycles. The molecule has 43 heavy (non-hydrogen) atoms. The Kier molecular flexibility index (Phi) is 7.30. The van der Waals surface area contributed by atoms with Crippen molar-refractivity contribution in [2.75, 3.05) is 43.4 Å². The van der Waals surface area contributed by atoms with Gasteiger partial charge in [-0.1, -0.05) is 55.5 Å². The Labute approximate surface area is 251 Å². The number of imidazole rings is 1. The summed E-state index contributed by atoms with van der Waals surface area (Å²) >= 11 is 0. The molecule has 0 amide bonds. The molecule has 8 nitrogen and oxygen atoms in total. The van der Waals surface area contributed by atoms with Gasteiger partial charge in [-0.05, 0) is 72.1 Å². The second-order valence-corrected chi connectivity index (χ2v) is 11.5. The van der Waals surface area contributed by atoms with Crippen LogP contribution in [0.3, 0.4) is 0 Å². The number of aromatic nitrogens is 4. The summed E-state index contributed by atoms with van der Waals surface area (Å²) in [7, 11) is 2.17. The molecule has 218 valence electrons. The highest BCUT2D eigenvalue weighted by Crippen LogP contribution is 2.34. The van der Waals surface area contributed by atoms with Crippen LogP contribution in [0.15, 0.2) is 84.9 Å². The number of hydrogen-bond donors (Lipinski definition) is 4. The summed E-state index contributed by atoms with van der Waals surface area (Å²) in [6.07, 6.45) is 0.741. The first kappa shape index (κ1) is 27.2. The van der Waals surface area contributed by atoms with Crippen LogP contribution in [0.2, 0.25) is 0 Å². The minimum atomic E-state index is -0.686. The number of fused-ring (bicyclic) bond motifs is 2. The van der Waals surface area contributed by atoms with Gasteiger partial charge in [0, 0.05) is 43.7 Å². The Balaban J connectivity index is 1.21. The van der Waals surface area contributed by atoms with Crippen LogP contribution >= 0.6 is 0 Å². The van der Waals surface area contributed by atoms with E-state index >= 15 is 0 Å². The molecule has 1 aliphatic rings. The van der Waals surface area contributed by atoms with Gasteiger partial charge in [0.15, 0.2) is 5.82 Å². The van der Waals surface area contributed by atoms with Gasteiger partial charge in [-0.3, -0.25) is 5.10 Å². The molecular formula is C35H37N7O. The number of rotatable bonds is 8. The average Bonchev–Trinajstić information content (AvgIpc) is 3.65. The van der Waals surface area contributed by atoms with E-state index in [0.717, 1.165) is 88.4 Å². The number of benzene rings is 4. The van der Waals surface area contributed by atoms with Crippen LogP contribution in [0.5, 0.6) is 0 Å².